The minimum Gasteiger partial charge on any atom is -0.291 e. The van der Waals surface area contributed by atoms with Gasteiger partial charge in [0.05, 0.1) is 0 Å². The van der Waals surface area contributed by atoms with Crippen molar-refractivity contribution in [2.45, 2.75) is 6.92 Å². The van der Waals surface area contributed by atoms with E-state index in [1.165, 1.54) is 0 Å². The monoisotopic (exact) mass is 267 g/mol. The van der Waals surface area contributed by atoms with Crippen LogP contribution in [0.2, 0.25) is 5.02 Å². The lowest BCUT2D eigenvalue weighted by molar-refractivity contribution is 1.14. The van der Waals surface area contributed by atoms with Gasteiger partial charge in [-0.1, -0.05) is 29.8 Å². The highest BCUT2D eigenvalue weighted by Gasteiger charge is 2.14. The van der Waals surface area contributed by atoms with Gasteiger partial charge in [-0.05, 0) is 30.7 Å². The van der Waals surface area contributed by atoms with Gasteiger partial charge in [-0.15, -0.1) is 0 Å². The first-order chi connectivity index (χ1) is 9.20. The van der Waals surface area contributed by atoms with Crippen molar-refractivity contribution >= 4 is 17.2 Å². The maximum absolute atomic E-state index is 9.38. The average molecular weight is 268 g/mol. The third kappa shape index (κ3) is 1.87. The molecule has 3 aromatic rings. The average Bonchev–Trinajstić information content (AvgIpc) is 2.79. The maximum atomic E-state index is 9.38. The van der Waals surface area contributed by atoms with Crippen molar-refractivity contribution in [2.75, 3.05) is 0 Å². The lowest BCUT2D eigenvalue weighted by atomic mass is 10.1. The van der Waals surface area contributed by atoms with Crippen molar-refractivity contribution in [2.24, 2.45) is 0 Å². The molecule has 2 aromatic heterocycles. The first-order valence-corrected chi connectivity index (χ1v) is 6.22. The summed E-state index contributed by atoms with van der Waals surface area (Å²) >= 11 is 5.89. The number of halogens is 1. The molecule has 1 aromatic carbocycles. The largest absolute Gasteiger partial charge is 0.291 e. The number of nitriles is 1. The standard InChI is InChI=1S/C15H10ClN3/c1-10-3-2-8-19-13(9-17)14(18-15(10)19)11-4-6-12(16)7-5-11/h2-8H,1H3. The van der Waals surface area contributed by atoms with Crippen molar-refractivity contribution < 1.29 is 0 Å². The topological polar surface area (TPSA) is 41.1 Å². The van der Waals surface area contributed by atoms with E-state index in [1.807, 2.05) is 41.8 Å². The van der Waals surface area contributed by atoms with Crippen molar-refractivity contribution in [3.05, 3.63) is 58.9 Å². The van der Waals surface area contributed by atoms with Gasteiger partial charge in [-0.2, -0.15) is 5.26 Å². The fourth-order valence-electron chi connectivity index (χ4n) is 2.12. The zero-order valence-corrected chi connectivity index (χ0v) is 11.0. The summed E-state index contributed by atoms with van der Waals surface area (Å²) in [5.74, 6) is 0. The van der Waals surface area contributed by atoms with Crippen LogP contribution in [-0.4, -0.2) is 9.38 Å². The van der Waals surface area contributed by atoms with E-state index in [4.69, 9.17) is 11.6 Å². The van der Waals surface area contributed by atoms with Crippen LogP contribution in [0.15, 0.2) is 42.6 Å². The summed E-state index contributed by atoms with van der Waals surface area (Å²) in [5, 5.41) is 10.0. The van der Waals surface area contributed by atoms with Crippen molar-refractivity contribution in [1.29, 1.82) is 5.26 Å². The maximum Gasteiger partial charge on any atom is 0.152 e. The second-order valence-electron chi connectivity index (χ2n) is 4.31. The highest BCUT2D eigenvalue weighted by molar-refractivity contribution is 6.30. The van der Waals surface area contributed by atoms with Gasteiger partial charge in [-0.3, -0.25) is 4.40 Å². The number of pyridine rings is 1. The molecular formula is C15H10ClN3. The predicted molar refractivity (Wildman–Crippen MR) is 75.1 cm³/mol. The SMILES string of the molecule is Cc1cccn2c(C#N)c(-c3ccc(Cl)cc3)nc12. The molecule has 0 fully saturated rings. The summed E-state index contributed by atoms with van der Waals surface area (Å²) in [6.45, 7) is 1.98. The molecule has 19 heavy (non-hydrogen) atoms. The predicted octanol–water partition coefficient (Wildman–Crippen LogP) is 3.83. The Hall–Kier alpha value is -2.31. The highest BCUT2D eigenvalue weighted by Crippen LogP contribution is 2.26. The number of hydrogen-bond donors (Lipinski definition) is 0. The second-order valence-corrected chi connectivity index (χ2v) is 4.75. The van der Waals surface area contributed by atoms with Crippen LogP contribution < -0.4 is 0 Å². The fraction of sp³-hybridized carbons (Fsp3) is 0.0667. The Morgan fingerprint density at radius 3 is 2.63 bits per heavy atom. The smallest absolute Gasteiger partial charge is 0.152 e. The molecule has 0 atom stereocenters. The third-order valence-corrected chi connectivity index (χ3v) is 3.32. The van der Waals surface area contributed by atoms with Gasteiger partial charge in [0, 0.05) is 16.8 Å². The van der Waals surface area contributed by atoms with Gasteiger partial charge in [0.2, 0.25) is 0 Å². The van der Waals surface area contributed by atoms with E-state index in [0.717, 1.165) is 16.8 Å². The Labute approximate surface area is 115 Å². The molecule has 0 spiro atoms. The summed E-state index contributed by atoms with van der Waals surface area (Å²) in [4.78, 5) is 4.58. The van der Waals surface area contributed by atoms with Crippen molar-refractivity contribution in [3.63, 3.8) is 0 Å². The van der Waals surface area contributed by atoms with E-state index in [0.29, 0.717) is 16.4 Å². The number of aromatic nitrogens is 2. The molecule has 0 N–H and O–H groups in total. The molecule has 3 nitrogen and oxygen atoms in total. The molecule has 4 heteroatoms. The van der Waals surface area contributed by atoms with Crippen molar-refractivity contribution in [3.8, 4) is 17.3 Å². The van der Waals surface area contributed by atoms with Crippen LogP contribution >= 0.6 is 11.6 Å². The number of fused-ring (bicyclic) bond motifs is 1. The van der Waals surface area contributed by atoms with Crippen LogP contribution in [0.1, 0.15) is 11.3 Å². The molecule has 0 saturated heterocycles. The van der Waals surface area contributed by atoms with E-state index >= 15 is 0 Å². The number of aryl methyl sites for hydroxylation is 1. The van der Waals surface area contributed by atoms with Crippen LogP contribution in [0.5, 0.6) is 0 Å². The first kappa shape index (κ1) is 11.8. The van der Waals surface area contributed by atoms with Crippen LogP contribution in [0.4, 0.5) is 0 Å². The second kappa shape index (κ2) is 4.42. The third-order valence-electron chi connectivity index (χ3n) is 3.07. The number of rotatable bonds is 1. The summed E-state index contributed by atoms with van der Waals surface area (Å²) < 4.78 is 1.82. The molecule has 0 saturated carbocycles. The molecule has 92 valence electrons. The lowest BCUT2D eigenvalue weighted by Gasteiger charge is -1.98. The van der Waals surface area contributed by atoms with Gasteiger partial charge in [0.15, 0.2) is 5.69 Å². The zero-order chi connectivity index (χ0) is 13.4. The van der Waals surface area contributed by atoms with Gasteiger partial charge in [0.1, 0.15) is 17.4 Å². The van der Waals surface area contributed by atoms with E-state index in [-0.39, 0.29) is 0 Å². The Balaban J connectivity index is 2.33. The Morgan fingerprint density at radius 2 is 1.95 bits per heavy atom. The number of hydrogen-bond acceptors (Lipinski definition) is 2. The minimum absolute atomic E-state index is 0.543. The number of nitrogens with zero attached hydrogens (tertiary/aromatic N) is 3. The normalized spacial score (nSPS) is 10.6. The summed E-state index contributed by atoms with van der Waals surface area (Å²) in [7, 11) is 0. The summed E-state index contributed by atoms with van der Waals surface area (Å²) in [6, 6.07) is 13.5. The lowest BCUT2D eigenvalue weighted by Crippen LogP contribution is -1.89. The number of imidazole rings is 1. The Kier molecular flexibility index (Phi) is 2.73. The molecule has 2 heterocycles. The minimum atomic E-state index is 0.543. The molecule has 0 radical (unpaired) electrons. The summed E-state index contributed by atoms with van der Waals surface area (Å²) in [5.41, 5.74) is 3.97. The molecule has 0 aliphatic carbocycles. The Bertz CT molecular complexity index is 795. The quantitative estimate of drug-likeness (QED) is 0.672. The zero-order valence-electron chi connectivity index (χ0n) is 10.3. The van der Waals surface area contributed by atoms with Gasteiger partial charge in [-0.25, -0.2) is 4.98 Å². The molecule has 0 aliphatic rings. The first-order valence-electron chi connectivity index (χ1n) is 5.84. The Morgan fingerprint density at radius 1 is 1.21 bits per heavy atom. The van der Waals surface area contributed by atoms with Gasteiger partial charge in [0.25, 0.3) is 0 Å². The molecule has 0 aliphatic heterocycles. The molecule has 0 unspecified atom stereocenters. The van der Waals surface area contributed by atoms with Crippen LogP contribution in [0, 0.1) is 18.3 Å². The fourth-order valence-corrected chi connectivity index (χ4v) is 2.25. The molecule has 3 rings (SSSR count). The van der Waals surface area contributed by atoms with E-state index in [2.05, 4.69) is 11.1 Å². The highest BCUT2D eigenvalue weighted by atomic mass is 35.5. The molecular weight excluding hydrogens is 258 g/mol. The van der Waals surface area contributed by atoms with Crippen molar-refractivity contribution in [1.82, 2.24) is 9.38 Å². The van der Waals surface area contributed by atoms with E-state index in [9.17, 15) is 5.26 Å². The molecule has 0 amide bonds. The van der Waals surface area contributed by atoms with Crippen LogP contribution in [0.25, 0.3) is 16.9 Å². The van der Waals surface area contributed by atoms with Crippen LogP contribution in [-0.2, 0) is 0 Å². The molecule has 0 bridgehead atoms. The van der Waals surface area contributed by atoms with Crippen LogP contribution in [0.3, 0.4) is 0 Å². The number of benzene rings is 1. The van der Waals surface area contributed by atoms with Gasteiger partial charge >= 0.3 is 0 Å². The van der Waals surface area contributed by atoms with Gasteiger partial charge < -0.3 is 0 Å². The van der Waals surface area contributed by atoms with E-state index in [1.54, 1.807) is 12.1 Å². The van der Waals surface area contributed by atoms with E-state index < -0.39 is 0 Å². The summed E-state index contributed by atoms with van der Waals surface area (Å²) in [6.07, 6.45) is 1.85.